The maximum Gasteiger partial charge on any atom is 0.0399 e. The molecule has 0 spiro atoms. The molecule has 2 aliphatic rings. The minimum atomic E-state index is 0.241. The minimum Gasteiger partial charge on any atom is -0.371 e. The Bertz CT molecular complexity index is 405. The number of anilines is 1. The maximum atomic E-state index is 6.00. The lowest BCUT2D eigenvalue weighted by molar-refractivity contribution is 0.669. The number of para-hydroxylation sites is 1. The third-order valence-electron chi connectivity index (χ3n) is 4.23. The highest BCUT2D eigenvalue weighted by Gasteiger charge is 2.30. The molecule has 2 N–H and O–H groups in total. The molecular weight excluding hydrogens is 232 g/mol. The maximum absolute atomic E-state index is 6.00. The fraction of sp³-hybridized carbons (Fsp3) is 0.647. The lowest BCUT2D eigenvalue weighted by atomic mass is 10.0. The predicted molar refractivity (Wildman–Crippen MR) is 81.5 cm³/mol. The highest BCUT2D eigenvalue weighted by Crippen LogP contribution is 2.36. The summed E-state index contributed by atoms with van der Waals surface area (Å²) < 4.78 is 0. The van der Waals surface area contributed by atoms with Gasteiger partial charge in [-0.15, -0.1) is 0 Å². The Balaban J connectivity index is 1.78. The van der Waals surface area contributed by atoms with E-state index in [0.717, 1.165) is 18.3 Å². The van der Waals surface area contributed by atoms with Gasteiger partial charge >= 0.3 is 0 Å². The van der Waals surface area contributed by atoms with E-state index in [1.807, 2.05) is 0 Å². The summed E-state index contributed by atoms with van der Waals surface area (Å²) in [5.41, 5.74) is 8.87. The van der Waals surface area contributed by atoms with E-state index in [9.17, 15) is 0 Å². The zero-order valence-electron chi connectivity index (χ0n) is 12.0. The predicted octanol–water partition coefficient (Wildman–Crippen LogP) is 3.20. The Morgan fingerprint density at radius 1 is 1.11 bits per heavy atom. The van der Waals surface area contributed by atoms with Crippen LogP contribution in [-0.2, 0) is 6.42 Å². The van der Waals surface area contributed by atoms with Crippen LogP contribution in [0.25, 0.3) is 0 Å². The molecule has 2 aliphatic carbocycles. The van der Waals surface area contributed by atoms with E-state index < -0.39 is 0 Å². The van der Waals surface area contributed by atoms with Crippen molar-refractivity contribution in [1.82, 2.24) is 0 Å². The van der Waals surface area contributed by atoms with Crippen LogP contribution in [0.5, 0.6) is 0 Å². The van der Waals surface area contributed by atoms with Gasteiger partial charge < -0.3 is 10.6 Å². The number of hydrogen-bond acceptors (Lipinski definition) is 2. The van der Waals surface area contributed by atoms with Crippen LogP contribution in [0.1, 0.15) is 38.2 Å². The van der Waals surface area contributed by atoms with Gasteiger partial charge in [0.05, 0.1) is 0 Å². The van der Waals surface area contributed by atoms with Gasteiger partial charge in [0.25, 0.3) is 0 Å². The molecule has 1 atom stereocenters. The molecule has 0 radical (unpaired) electrons. The van der Waals surface area contributed by atoms with Crippen LogP contribution in [0.2, 0.25) is 0 Å². The summed E-state index contributed by atoms with van der Waals surface area (Å²) in [4.78, 5) is 2.65. The standard InChI is InChI=1S/C17H26N2/c1-13(18)10-16-4-2-3-5-17(16)19(11-14-6-7-14)12-15-8-9-15/h2-5,13-15H,6-12,18H2,1H3. The first kappa shape index (κ1) is 13.0. The van der Waals surface area contributed by atoms with Gasteiger partial charge in [-0.25, -0.2) is 0 Å². The fourth-order valence-electron chi connectivity index (χ4n) is 2.83. The fourth-order valence-corrected chi connectivity index (χ4v) is 2.83. The van der Waals surface area contributed by atoms with Crippen molar-refractivity contribution in [3.8, 4) is 0 Å². The highest BCUT2D eigenvalue weighted by atomic mass is 15.1. The molecule has 1 aromatic carbocycles. The van der Waals surface area contributed by atoms with Crippen molar-refractivity contribution < 1.29 is 0 Å². The molecule has 0 bridgehead atoms. The lowest BCUT2D eigenvalue weighted by Crippen LogP contribution is -2.30. The van der Waals surface area contributed by atoms with E-state index >= 15 is 0 Å². The van der Waals surface area contributed by atoms with Gasteiger partial charge in [-0.3, -0.25) is 0 Å². The molecule has 104 valence electrons. The molecule has 1 aromatic rings. The van der Waals surface area contributed by atoms with Crippen molar-refractivity contribution in [3.05, 3.63) is 29.8 Å². The first-order valence-corrected chi connectivity index (χ1v) is 7.81. The Morgan fingerprint density at radius 2 is 1.68 bits per heavy atom. The molecule has 0 aliphatic heterocycles. The van der Waals surface area contributed by atoms with Crippen molar-refractivity contribution in [2.75, 3.05) is 18.0 Å². The van der Waals surface area contributed by atoms with Crippen LogP contribution in [0, 0.1) is 11.8 Å². The summed E-state index contributed by atoms with van der Waals surface area (Å²) in [5.74, 6) is 1.89. The molecule has 0 amide bonds. The number of hydrogen-bond donors (Lipinski definition) is 1. The number of rotatable bonds is 7. The Labute approximate surface area is 117 Å². The third-order valence-corrected chi connectivity index (χ3v) is 4.23. The highest BCUT2D eigenvalue weighted by molar-refractivity contribution is 5.54. The number of nitrogens with two attached hydrogens (primary N) is 1. The smallest absolute Gasteiger partial charge is 0.0399 e. The van der Waals surface area contributed by atoms with E-state index in [1.54, 1.807) is 0 Å². The minimum absolute atomic E-state index is 0.241. The number of benzene rings is 1. The average Bonchev–Trinajstić information content (AvgIpc) is 3.23. The summed E-state index contributed by atoms with van der Waals surface area (Å²) in [5, 5.41) is 0. The molecule has 0 aromatic heterocycles. The van der Waals surface area contributed by atoms with E-state index in [0.29, 0.717) is 0 Å². The third kappa shape index (κ3) is 3.73. The van der Waals surface area contributed by atoms with Gasteiger partial charge in [-0.2, -0.15) is 0 Å². The molecule has 0 heterocycles. The van der Waals surface area contributed by atoms with Gasteiger partial charge in [-0.05, 0) is 62.5 Å². The second-order valence-electron chi connectivity index (χ2n) is 6.60. The van der Waals surface area contributed by atoms with Crippen LogP contribution in [-0.4, -0.2) is 19.1 Å². The van der Waals surface area contributed by atoms with Gasteiger partial charge in [0.2, 0.25) is 0 Å². The second kappa shape index (κ2) is 5.54. The SMILES string of the molecule is CC(N)Cc1ccccc1N(CC1CC1)CC1CC1. The van der Waals surface area contributed by atoms with Crippen molar-refractivity contribution in [2.45, 2.75) is 45.1 Å². The van der Waals surface area contributed by atoms with Gasteiger partial charge in [0.1, 0.15) is 0 Å². The first-order chi connectivity index (χ1) is 9.22. The molecular formula is C17H26N2. The quantitative estimate of drug-likeness (QED) is 0.814. The van der Waals surface area contributed by atoms with Gasteiger partial charge in [0, 0.05) is 24.8 Å². The summed E-state index contributed by atoms with van der Waals surface area (Å²) in [6, 6.07) is 9.11. The van der Waals surface area contributed by atoms with E-state index in [4.69, 9.17) is 5.73 Å². The van der Waals surface area contributed by atoms with Crippen molar-refractivity contribution >= 4 is 5.69 Å². The molecule has 2 saturated carbocycles. The van der Waals surface area contributed by atoms with E-state index in [2.05, 4.69) is 36.1 Å². The summed E-state index contributed by atoms with van der Waals surface area (Å²) in [6.45, 7) is 4.61. The second-order valence-corrected chi connectivity index (χ2v) is 6.60. The van der Waals surface area contributed by atoms with E-state index in [1.165, 1.54) is 50.0 Å². The Kier molecular flexibility index (Phi) is 3.79. The molecule has 0 saturated heterocycles. The molecule has 3 rings (SSSR count). The van der Waals surface area contributed by atoms with Crippen molar-refractivity contribution in [2.24, 2.45) is 17.6 Å². The summed E-state index contributed by atoms with van der Waals surface area (Å²) >= 11 is 0. The molecule has 1 unspecified atom stereocenters. The van der Waals surface area contributed by atoms with Gasteiger partial charge in [0.15, 0.2) is 0 Å². The van der Waals surface area contributed by atoms with Crippen molar-refractivity contribution in [3.63, 3.8) is 0 Å². The van der Waals surface area contributed by atoms with E-state index in [-0.39, 0.29) is 6.04 Å². The van der Waals surface area contributed by atoms with Gasteiger partial charge in [-0.1, -0.05) is 18.2 Å². The van der Waals surface area contributed by atoms with Crippen LogP contribution >= 0.6 is 0 Å². The van der Waals surface area contributed by atoms with Crippen LogP contribution in [0.15, 0.2) is 24.3 Å². The summed E-state index contributed by atoms with van der Waals surface area (Å²) in [6.07, 6.45) is 6.70. The number of nitrogens with zero attached hydrogens (tertiary/aromatic N) is 1. The topological polar surface area (TPSA) is 29.3 Å². The molecule has 19 heavy (non-hydrogen) atoms. The van der Waals surface area contributed by atoms with Crippen LogP contribution < -0.4 is 10.6 Å². The normalized spacial score (nSPS) is 20.3. The van der Waals surface area contributed by atoms with Crippen LogP contribution in [0.3, 0.4) is 0 Å². The monoisotopic (exact) mass is 258 g/mol. The Morgan fingerprint density at radius 3 is 2.21 bits per heavy atom. The molecule has 2 fully saturated rings. The first-order valence-electron chi connectivity index (χ1n) is 7.81. The largest absolute Gasteiger partial charge is 0.371 e. The zero-order valence-corrected chi connectivity index (χ0v) is 12.0. The zero-order chi connectivity index (χ0) is 13.2. The molecule has 2 heteroatoms. The average molecular weight is 258 g/mol. The summed E-state index contributed by atoms with van der Waals surface area (Å²) in [7, 11) is 0. The van der Waals surface area contributed by atoms with Crippen LogP contribution in [0.4, 0.5) is 5.69 Å². The Hall–Kier alpha value is -1.02. The molecule has 2 nitrogen and oxygen atoms in total. The lowest BCUT2D eigenvalue weighted by Gasteiger charge is -2.28. The van der Waals surface area contributed by atoms with Crippen molar-refractivity contribution in [1.29, 1.82) is 0 Å².